The molecule has 0 bridgehead atoms. The van der Waals surface area contributed by atoms with Crippen LogP contribution in [0.1, 0.15) is 18.4 Å². The number of benzene rings is 2. The second kappa shape index (κ2) is 9.58. The second-order valence-corrected chi connectivity index (χ2v) is 8.19. The van der Waals surface area contributed by atoms with Crippen molar-refractivity contribution in [2.24, 2.45) is 0 Å². The van der Waals surface area contributed by atoms with E-state index in [1.807, 2.05) is 24.3 Å². The summed E-state index contributed by atoms with van der Waals surface area (Å²) < 4.78 is 10.8. The van der Waals surface area contributed by atoms with Gasteiger partial charge in [-0.2, -0.15) is 0 Å². The van der Waals surface area contributed by atoms with Crippen LogP contribution >= 0.6 is 0 Å². The van der Waals surface area contributed by atoms with Crippen LogP contribution in [0.2, 0.25) is 0 Å². The van der Waals surface area contributed by atoms with Crippen LogP contribution in [0.15, 0.2) is 42.5 Å². The number of para-hydroxylation sites is 3. The first-order chi connectivity index (χ1) is 14.7. The van der Waals surface area contributed by atoms with E-state index in [4.69, 9.17) is 9.47 Å². The van der Waals surface area contributed by atoms with Gasteiger partial charge >= 0.3 is 0 Å². The average Bonchev–Trinajstić information content (AvgIpc) is 2.81. The Balaban J connectivity index is 1.34. The summed E-state index contributed by atoms with van der Waals surface area (Å²) in [5.41, 5.74) is 2.13. The van der Waals surface area contributed by atoms with Crippen molar-refractivity contribution in [3.05, 3.63) is 48.0 Å². The van der Waals surface area contributed by atoms with Crippen LogP contribution in [0.25, 0.3) is 0 Å². The van der Waals surface area contributed by atoms with Gasteiger partial charge in [0.1, 0.15) is 5.75 Å². The quantitative estimate of drug-likeness (QED) is 0.788. The molecule has 30 heavy (non-hydrogen) atoms. The Kier molecular flexibility index (Phi) is 6.65. The highest BCUT2D eigenvalue weighted by atomic mass is 16.5. The molecule has 0 saturated carbocycles. The van der Waals surface area contributed by atoms with Crippen LogP contribution in [-0.2, 0) is 6.54 Å². The van der Waals surface area contributed by atoms with Gasteiger partial charge in [0.2, 0.25) is 0 Å². The normalized spacial score (nSPS) is 20.9. The molecular weight excluding hydrogens is 378 g/mol. The third-order valence-corrected chi connectivity index (χ3v) is 6.43. The second-order valence-electron chi connectivity index (χ2n) is 8.19. The number of nitrogens with zero attached hydrogens (tertiary/aromatic N) is 3. The summed E-state index contributed by atoms with van der Waals surface area (Å²) in [7, 11) is 3.34. The summed E-state index contributed by atoms with van der Waals surface area (Å²) in [4.78, 5) is 7.54. The van der Waals surface area contributed by atoms with Crippen LogP contribution in [0.4, 0.5) is 5.69 Å². The van der Waals surface area contributed by atoms with E-state index in [2.05, 4.69) is 26.8 Å². The van der Waals surface area contributed by atoms with Gasteiger partial charge in [-0.1, -0.05) is 24.3 Å². The number of ether oxygens (including phenoxy) is 2. The third-order valence-electron chi connectivity index (χ3n) is 6.43. The molecule has 0 aromatic heterocycles. The molecular formula is C24H33N3O3. The van der Waals surface area contributed by atoms with Crippen molar-refractivity contribution in [3.63, 3.8) is 0 Å². The number of methoxy groups -OCH3 is 2. The monoisotopic (exact) mass is 411 g/mol. The zero-order valence-corrected chi connectivity index (χ0v) is 18.1. The molecule has 0 amide bonds. The maximum atomic E-state index is 10.4. The van der Waals surface area contributed by atoms with Crippen molar-refractivity contribution >= 4 is 5.69 Å². The summed E-state index contributed by atoms with van der Waals surface area (Å²) in [6.45, 7) is 7.07. The fraction of sp³-hybridized carbons (Fsp3) is 0.500. The molecule has 2 saturated heterocycles. The molecule has 2 aromatic rings. The van der Waals surface area contributed by atoms with Gasteiger partial charge in [-0.25, -0.2) is 0 Å². The van der Waals surface area contributed by atoms with Crippen LogP contribution in [0.3, 0.4) is 0 Å². The number of piperazine rings is 1. The van der Waals surface area contributed by atoms with Crippen molar-refractivity contribution in [3.8, 4) is 17.2 Å². The number of anilines is 1. The highest BCUT2D eigenvalue weighted by Crippen LogP contribution is 2.32. The molecule has 0 radical (unpaired) electrons. The van der Waals surface area contributed by atoms with E-state index in [9.17, 15) is 5.11 Å². The van der Waals surface area contributed by atoms with Crippen LogP contribution < -0.4 is 14.4 Å². The maximum absolute atomic E-state index is 10.4. The molecule has 1 atom stereocenters. The lowest BCUT2D eigenvalue weighted by Gasteiger charge is -2.44. The average molecular weight is 412 g/mol. The van der Waals surface area contributed by atoms with E-state index < -0.39 is 0 Å². The number of hydrogen-bond acceptors (Lipinski definition) is 6. The molecule has 162 valence electrons. The third kappa shape index (κ3) is 4.50. The standard InChI is InChI=1S/C24H33N3O3/c1-29-22-10-4-3-9-21(22)27-15-13-26(14-16-27)20-8-6-12-25(18-20)17-19-7-5-11-23(30-2)24(19)28/h3-5,7,9-11,20,28H,6,8,12-18H2,1-2H3. The molecule has 6 nitrogen and oxygen atoms in total. The molecule has 0 spiro atoms. The Morgan fingerprint density at radius 2 is 1.63 bits per heavy atom. The first kappa shape index (κ1) is 20.8. The predicted molar refractivity (Wildman–Crippen MR) is 120 cm³/mol. The Morgan fingerprint density at radius 1 is 0.900 bits per heavy atom. The van der Waals surface area contributed by atoms with Gasteiger partial charge in [0.25, 0.3) is 0 Å². The van der Waals surface area contributed by atoms with Gasteiger partial charge in [-0.15, -0.1) is 0 Å². The summed E-state index contributed by atoms with van der Waals surface area (Å²) in [6.07, 6.45) is 2.44. The largest absolute Gasteiger partial charge is 0.504 e. The molecule has 1 unspecified atom stereocenters. The SMILES string of the molecule is COc1ccccc1N1CCN(C2CCCN(Cc3cccc(OC)c3O)C2)CC1. The topological polar surface area (TPSA) is 48.4 Å². The van der Waals surface area contributed by atoms with Crippen LogP contribution in [0, 0.1) is 0 Å². The highest BCUT2D eigenvalue weighted by molar-refractivity contribution is 5.58. The van der Waals surface area contributed by atoms with E-state index in [1.54, 1.807) is 20.3 Å². The molecule has 2 aliphatic rings. The minimum Gasteiger partial charge on any atom is -0.504 e. The summed E-state index contributed by atoms with van der Waals surface area (Å²) in [6, 6.07) is 14.6. The van der Waals surface area contributed by atoms with E-state index in [0.29, 0.717) is 11.8 Å². The van der Waals surface area contributed by atoms with Crippen LogP contribution in [-0.4, -0.2) is 74.4 Å². The fourth-order valence-corrected chi connectivity index (χ4v) is 4.79. The van der Waals surface area contributed by atoms with E-state index in [0.717, 1.165) is 57.1 Å². The number of hydrogen-bond donors (Lipinski definition) is 1. The Labute approximate surface area is 179 Å². The lowest BCUT2D eigenvalue weighted by Crippen LogP contribution is -2.55. The predicted octanol–water partition coefficient (Wildman–Crippen LogP) is 3.20. The number of rotatable bonds is 6. The van der Waals surface area contributed by atoms with Crippen molar-refractivity contribution < 1.29 is 14.6 Å². The molecule has 4 rings (SSSR count). The van der Waals surface area contributed by atoms with Crippen LogP contribution in [0.5, 0.6) is 17.2 Å². The van der Waals surface area contributed by atoms with E-state index >= 15 is 0 Å². The summed E-state index contributed by atoms with van der Waals surface area (Å²) >= 11 is 0. The number of likely N-dealkylation sites (tertiary alicyclic amines) is 1. The van der Waals surface area contributed by atoms with Crippen molar-refractivity contribution in [1.29, 1.82) is 0 Å². The highest BCUT2D eigenvalue weighted by Gasteiger charge is 2.29. The minimum absolute atomic E-state index is 0.271. The molecule has 2 fully saturated rings. The molecule has 2 heterocycles. The molecule has 1 N–H and O–H groups in total. The lowest BCUT2D eigenvalue weighted by atomic mass is 10.0. The van der Waals surface area contributed by atoms with E-state index in [1.165, 1.54) is 18.5 Å². The van der Waals surface area contributed by atoms with Crippen molar-refractivity contribution in [2.45, 2.75) is 25.4 Å². The number of piperidine rings is 1. The van der Waals surface area contributed by atoms with Crippen molar-refractivity contribution in [2.75, 3.05) is 58.4 Å². The smallest absolute Gasteiger partial charge is 0.162 e. The molecule has 2 aliphatic heterocycles. The van der Waals surface area contributed by atoms with Gasteiger partial charge in [0.05, 0.1) is 19.9 Å². The number of aromatic hydroxyl groups is 1. The minimum atomic E-state index is 0.271. The molecule has 0 aliphatic carbocycles. The first-order valence-corrected chi connectivity index (χ1v) is 10.9. The Morgan fingerprint density at radius 3 is 2.40 bits per heavy atom. The zero-order chi connectivity index (χ0) is 20.9. The van der Waals surface area contributed by atoms with E-state index in [-0.39, 0.29) is 5.75 Å². The van der Waals surface area contributed by atoms with Crippen molar-refractivity contribution in [1.82, 2.24) is 9.80 Å². The van der Waals surface area contributed by atoms with Gasteiger partial charge in [-0.3, -0.25) is 9.80 Å². The molecule has 2 aromatic carbocycles. The molecule has 6 heteroatoms. The fourth-order valence-electron chi connectivity index (χ4n) is 4.79. The van der Waals surface area contributed by atoms with Gasteiger partial charge < -0.3 is 19.5 Å². The summed E-state index contributed by atoms with van der Waals surface area (Å²) in [5.74, 6) is 1.77. The van der Waals surface area contributed by atoms with Gasteiger partial charge in [0, 0.05) is 50.9 Å². The number of phenolic OH excluding ortho intramolecular Hbond substituents is 1. The lowest BCUT2D eigenvalue weighted by molar-refractivity contribution is 0.0882. The van der Waals surface area contributed by atoms with Gasteiger partial charge in [-0.05, 0) is 37.6 Å². The zero-order valence-electron chi connectivity index (χ0n) is 18.1. The summed E-state index contributed by atoms with van der Waals surface area (Å²) in [5, 5.41) is 10.4. The van der Waals surface area contributed by atoms with Gasteiger partial charge in [0.15, 0.2) is 11.5 Å². The number of phenols is 1. The maximum Gasteiger partial charge on any atom is 0.162 e. The first-order valence-electron chi connectivity index (χ1n) is 10.9. The Bertz CT molecular complexity index is 836. The Hall–Kier alpha value is -2.44.